The smallest absolute Gasteiger partial charge is 0.333 e. The molecule has 22 atom stereocenters. The van der Waals surface area contributed by atoms with E-state index in [9.17, 15) is 60.3 Å². The van der Waals surface area contributed by atoms with Crippen molar-refractivity contribution < 1.29 is 127 Å². The average Bonchev–Trinajstić information content (AvgIpc) is 0.765. The molecule has 0 spiro atoms. The molecule has 0 aliphatic carbocycles. The molecule has 11 bridgehead atoms. The Morgan fingerprint density at radius 2 is 1.34 bits per heavy atom. The van der Waals surface area contributed by atoms with Crippen LogP contribution in [0.5, 0.6) is 46.0 Å². The van der Waals surface area contributed by atoms with E-state index in [2.05, 4.69) is 37.2 Å². The molecule has 5 aromatic carbocycles. The molecule has 36 nitrogen and oxygen atoms in total. The molecule has 20 N–H and O–H groups in total. The summed E-state index contributed by atoms with van der Waals surface area (Å²) in [6.45, 7) is 15.3. The molecule has 37 heteroatoms. The molecule has 3 saturated heterocycles. The van der Waals surface area contributed by atoms with Crippen molar-refractivity contribution in [2.75, 3.05) is 33.4 Å². The van der Waals surface area contributed by atoms with Crippen LogP contribution in [-0.2, 0) is 66.8 Å². The molecule has 0 aromatic heterocycles. The summed E-state index contributed by atoms with van der Waals surface area (Å²) in [6, 6.07) is 2.77. The summed E-state index contributed by atoms with van der Waals surface area (Å²) >= 11 is 7.25. The fourth-order valence-corrected chi connectivity index (χ4v) is 15.9. The van der Waals surface area contributed by atoms with Crippen LogP contribution >= 0.6 is 11.6 Å². The van der Waals surface area contributed by atoms with Gasteiger partial charge < -0.3 is 137 Å². The van der Waals surface area contributed by atoms with Crippen molar-refractivity contribution in [1.29, 1.82) is 0 Å². The molecule has 648 valence electrons. The van der Waals surface area contributed by atoms with E-state index in [1.165, 1.54) is 56.3 Å². The Bertz CT molecular complexity index is 4540. The largest absolute Gasteiger partial charge is 0.508 e. The Balaban J connectivity index is 1.18. The zero-order valence-electron chi connectivity index (χ0n) is 67.4. The third kappa shape index (κ3) is 20.2. The molecule has 119 heavy (non-hydrogen) atoms. The average molecular weight is 1680 g/mol. The number of nitrogens with zero attached hydrogens (tertiary/aromatic N) is 1. The zero-order chi connectivity index (χ0) is 86.5. The lowest BCUT2D eigenvalue weighted by atomic mass is 9.85. The van der Waals surface area contributed by atoms with Crippen molar-refractivity contribution in [1.82, 2.24) is 42.1 Å². The second-order valence-corrected chi connectivity index (χ2v) is 32.4. The first-order chi connectivity index (χ1) is 56.3. The molecule has 7 amide bonds. The Morgan fingerprint density at radius 3 is 1.98 bits per heavy atom. The highest BCUT2D eigenvalue weighted by atomic mass is 35.5. The van der Waals surface area contributed by atoms with Crippen molar-refractivity contribution in [3.05, 3.63) is 118 Å². The van der Waals surface area contributed by atoms with Crippen molar-refractivity contribution in [3.63, 3.8) is 0 Å². The van der Waals surface area contributed by atoms with E-state index in [0.29, 0.717) is 25.9 Å². The number of aliphatic hydroxyl groups is 6. The van der Waals surface area contributed by atoms with E-state index < -0.39 is 239 Å². The van der Waals surface area contributed by atoms with Crippen LogP contribution in [0.1, 0.15) is 165 Å². The molecule has 0 radical (unpaired) electrons. The van der Waals surface area contributed by atoms with Gasteiger partial charge in [-0.05, 0) is 156 Å². The number of primary amides is 1. The number of likely N-dealkylation sites (N-methyl/N-ethyl adjacent to an activating group) is 1. The molecule has 13 rings (SSSR count). The van der Waals surface area contributed by atoms with Crippen LogP contribution < -0.4 is 62.9 Å². The number of hydrogen-bond acceptors (Lipinski definition) is 29. The van der Waals surface area contributed by atoms with Crippen LogP contribution in [0.25, 0.3) is 11.1 Å². The lowest BCUT2D eigenvalue weighted by Gasteiger charge is -2.48. The van der Waals surface area contributed by atoms with Gasteiger partial charge in [0.25, 0.3) is 0 Å². The van der Waals surface area contributed by atoms with E-state index in [1.54, 1.807) is 32.7 Å². The maximum Gasteiger partial charge on any atom is 0.333 e. The Hall–Kier alpha value is -9.61. The lowest BCUT2D eigenvalue weighted by Crippen LogP contribution is -2.65. The first kappa shape index (κ1) is 90.2. The number of fused-ring (bicyclic) bond motifs is 15. The van der Waals surface area contributed by atoms with E-state index in [1.807, 2.05) is 27.7 Å². The number of aromatic hydroxyl groups is 3. The lowest BCUT2D eigenvalue weighted by molar-refractivity contribution is -0.334. The number of amides is 7. The third-order valence-corrected chi connectivity index (χ3v) is 22.3. The van der Waals surface area contributed by atoms with Gasteiger partial charge in [-0.2, -0.15) is 0 Å². The van der Waals surface area contributed by atoms with Gasteiger partial charge >= 0.3 is 5.97 Å². The van der Waals surface area contributed by atoms with Gasteiger partial charge in [0.1, 0.15) is 89.5 Å². The van der Waals surface area contributed by atoms with Crippen LogP contribution in [0.15, 0.2) is 84.9 Å². The van der Waals surface area contributed by atoms with Crippen molar-refractivity contribution in [3.8, 4) is 57.1 Å². The van der Waals surface area contributed by atoms with Crippen molar-refractivity contribution in [2.45, 2.75) is 241 Å². The number of halogens is 1. The highest BCUT2D eigenvalue weighted by molar-refractivity contribution is 6.32. The van der Waals surface area contributed by atoms with Gasteiger partial charge in [-0.25, -0.2) is 4.79 Å². The number of phenols is 3. The first-order valence-corrected chi connectivity index (χ1v) is 40.0. The zero-order valence-corrected chi connectivity index (χ0v) is 68.2. The molecule has 5 aromatic rings. The topological polar surface area (TPSA) is 541 Å². The van der Waals surface area contributed by atoms with Gasteiger partial charge in [-0.1, -0.05) is 70.5 Å². The van der Waals surface area contributed by atoms with Crippen molar-refractivity contribution >= 4 is 58.9 Å². The highest BCUT2D eigenvalue weighted by Gasteiger charge is 2.53. The Labute approximate surface area is 691 Å². The predicted molar refractivity (Wildman–Crippen MR) is 422 cm³/mol. The summed E-state index contributed by atoms with van der Waals surface area (Å²) in [4.78, 5) is 125. The number of carbonyl (C=O) groups excluding carboxylic acids is 8. The second-order valence-electron chi connectivity index (χ2n) is 32.0. The predicted octanol–water partition coefficient (Wildman–Crippen LogP) is 2.72. The number of nitrogens with two attached hydrogens (primary N) is 2. The summed E-state index contributed by atoms with van der Waals surface area (Å²) in [5.74, 6) is -14.1. The van der Waals surface area contributed by atoms with E-state index in [0.717, 1.165) is 42.5 Å². The third-order valence-electron chi connectivity index (χ3n) is 22.0. The molecule has 8 aliphatic heterocycles. The van der Waals surface area contributed by atoms with Crippen LogP contribution in [-0.4, -0.2) is 234 Å². The van der Waals surface area contributed by atoms with Gasteiger partial charge in [-0.3, -0.25) is 38.5 Å². The number of esters is 1. The molecular formula is C82H107ClN10O26. The van der Waals surface area contributed by atoms with E-state index in [-0.39, 0.29) is 82.5 Å². The second kappa shape index (κ2) is 38.0. The fourth-order valence-electron chi connectivity index (χ4n) is 15.7. The van der Waals surface area contributed by atoms with Crippen LogP contribution in [0.2, 0.25) is 5.02 Å². The number of nitrogens with one attached hydrogen (secondary N) is 7. The summed E-state index contributed by atoms with van der Waals surface area (Å²) in [6.07, 6.45) is -20.1. The van der Waals surface area contributed by atoms with Gasteiger partial charge in [0, 0.05) is 46.7 Å². The quantitative estimate of drug-likeness (QED) is 0.0443. The van der Waals surface area contributed by atoms with Crippen LogP contribution in [0.3, 0.4) is 0 Å². The molecule has 3 fully saturated rings. The van der Waals surface area contributed by atoms with Crippen LogP contribution in [0, 0.1) is 5.92 Å². The fraction of sp³-hybridized carbons (Fsp3) is 0.537. The molecule has 8 aliphatic rings. The van der Waals surface area contributed by atoms with E-state index >= 15 is 24.0 Å². The number of carbonyl (C=O) groups is 8. The van der Waals surface area contributed by atoms with Crippen LogP contribution in [0.4, 0.5) is 0 Å². The molecule has 8 heterocycles. The van der Waals surface area contributed by atoms with Gasteiger partial charge in [0.15, 0.2) is 36.2 Å². The Kier molecular flexibility index (Phi) is 28.8. The Morgan fingerprint density at radius 1 is 0.689 bits per heavy atom. The number of aliphatic hydroxyl groups excluding tert-OH is 6. The minimum atomic E-state index is -2.33. The summed E-state index contributed by atoms with van der Waals surface area (Å²) in [5, 5.41) is 124. The molecule has 0 saturated carbocycles. The molecular weight excluding hydrogens is 1580 g/mol. The van der Waals surface area contributed by atoms with Gasteiger partial charge in [0.05, 0.1) is 55.1 Å². The highest BCUT2D eigenvalue weighted by Crippen LogP contribution is 2.50. The maximum atomic E-state index is 16.6. The van der Waals surface area contributed by atoms with E-state index in [4.69, 9.17) is 65.7 Å². The standard InChI is InChI=1S/C82H107ClN10O26/c1-11-22-86-82(9)34-58(113-38(7)72(82)103)118-70-67(101)66(100)55(35-94)116-80(70)119-69-53-28-42-29-54(69)115-52-21-17-41(27-47(52)83)65(99)63(91-74(105)49(25-36(4)5)93(10)23-12-2)77(108)87-48(32-56(84)98)73(104)88-61(42)76(107)89-60-40-16-20-50(96)45(26-40)59-46(30-43(95)31-51(59)97)62(79(110)111-24-13-3)90-78(109)64(92-75(60)106)68(39-14-18-44(114-53)19-15-39)117-57-33-81(8,85)71(102)37(6)112-57/h14-21,26-31,36-38,48-49,55,57-58,60-68,70-72,80,86,94-97,99-103H,11-13,22-25,32-35,85H2,1-10H3,(H2,84,98)(H,87,108)(H,88,104)(H,89,107)(H,90,109)(H,91,105)(H,92,106)/t37-,38-,48?,49?,55+,57-,58-,60?,61?,62?,63?,64?,65?,66+,67-,68?,70+,71-,72-,80-,81-,82-/m0/s1. The number of ether oxygens (including phenoxy) is 9. The summed E-state index contributed by atoms with van der Waals surface area (Å²) in [5.41, 5.74) is 8.04. The SMILES string of the molecule is CCCN[C@@]1(C)C[C@H](O[C@H]2[C@H](Oc3c4cc5cc3Oc3ccc(cc3Cl)C(O)C(NC(=O)C(CC(C)C)N(C)CCC)C(=O)NC(CC(N)=O)C(=O)NC5C(=O)NC3C(=O)NC(C(=O)NC(C(=O)OCCC)c5cc(O)cc(O)c5-c5cc3ccc5O)C(O[C@H]3C[C@](C)(N)[C@@H](O)[C@H](C)O3)c3ccc(cc3)O4)O[C@H](CO)[C@@H](O)[C@@H]2O)O[C@@H](C)[C@@H]1O. The van der Waals surface area contributed by atoms with Gasteiger partial charge in [0.2, 0.25) is 53.4 Å². The molecule has 9 unspecified atom stereocenters. The number of hydrogen-bond donors (Lipinski definition) is 18. The minimum absolute atomic E-state index is 0.00642. The minimum Gasteiger partial charge on any atom is -0.508 e. The maximum absolute atomic E-state index is 16.6. The monoisotopic (exact) mass is 1680 g/mol. The summed E-state index contributed by atoms with van der Waals surface area (Å²) in [7, 11) is 1.70. The number of phenolic OH excluding ortho intramolecular Hbond substituents is 3. The number of benzene rings is 5. The summed E-state index contributed by atoms with van der Waals surface area (Å²) < 4.78 is 58.5. The van der Waals surface area contributed by atoms with Crippen molar-refractivity contribution in [2.24, 2.45) is 17.4 Å². The number of rotatable bonds is 22. The normalized spacial score (nSPS) is 30.7. The van der Waals surface area contributed by atoms with Gasteiger partial charge in [-0.15, -0.1) is 0 Å². The first-order valence-electron chi connectivity index (χ1n) is 39.6.